The molecule has 1 rings (SSSR count). The minimum absolute atomic E-state index is 0.0854. The van der Waals surface area contributed by atoms with Crippen molar-refractivity contribution in [3.05, 3.63) is 17.4 Å². The van der Waals surface area contributed by atoms with Crippen LogP contribution in [0.5, 0.6) is 0 Å². The molecular weight excluding hydrogens is 324 g/mol. The fourth-order valence-electron chi connectivity index (χ4n) is 1.84. The van der Waals surface area contributed by atoms with Crippen molar-refractivity contribution in [1.29, 1.82) is 0 Å². The minimum atomic E-state index is -3.77. The number of carboxylic acid groups (broad SMARTS) is 1. The average molecular weight is 346 g/mol. The first-order valence-corrected chi connectivity index (χ1v) is 8.38. The molecule has 0 atom stereocenters. The summed E-state index contributed by atoms with van der Waals surface area (Å²) in [5.41, 5.74) is -0.645. The molecule has 0 aliphatic heterocycles. The van der Waals surface area contributed by atoms with E-state index in [1.165, 1.54) is 27.1 Å². The van der Waals surface area contributed by atoms with Gasteiger partial charge in [-0.15, -0.1) is 0 Å². The predicted molar refractivity (Wildman–Crippen MR) is 82.7 cm³/mol. The lowest BCUT2D eigenvalue weighted by Crippen LogP contribution is -2.43. The molecule has 1 heterocycles. The van der Waals surface area contributed by atoms with Crippen LogP contribution in [0, 0.1) is 6.92 Å². The number of nitrogens with one attached hydrogen (secondary N) is 1. The molecule has 130 valence electrons. The highest BCUT2D eigenvalue weighted by molar-refractivity contribution is 7.88. The van der Waals surface area contributed by atoms with E-state index in [9.17, 15) is 18.0 Å². The zero-order chi connectivity index (χ0) is 18.0. The van der Waals surface area contributed by atoms with Crippen LogP contribution in [0.4, 0.5) is 0 Å². The van der Waals surface area contributed by atoms with Crippen LogP contribution in [-0.2, 0) is 14.8 Å². The Balaban J connectivity index is 2.98. The Morgan fingerprint density at radius 2 is 1.91 bits per heavy atom. The number of aliphatic carboxylic acids is 1. The largest absolute Gasteiger partial charge is 0.481 e. The summed E-state index contributed by atoms with van der Waals surface area (Å²) < 4.78 is 30.2. The molecule has 0 unspecified atom stereocenters. The third-order valence-electron chi connectivity index (χ3n) is 3.29. The highest BCUT2D eigenvalue weighted by atomic mass is 32.2. The molecule has 0 bridgehead atoms. The Labute approximate surface area is 135 Å². The van der Waals surface area contributed by atoms with E-state index in [1.54, 1.807) is 13.8 Å². The molecule has 2 N–H and O–H groups in total. The Kier molecular flexibility index (Phi) is 5.60. The SMILES string of the molecule is Cc1oc(S(=O)(=O)N(C)C)cc1C(=O)NC(C)(C)CCC(=O)O. The van der Waals surface area contributed by atoms with Gasteiger partial charge in [-0.05, 0) is 27.2 Å². The van der Waals surface area contributed by atoms with Gasteiger partial charge in [-0.2, -0.15) is 0 Å². The molecule has 0 radical (unpaired) electrons. The number of rotatable bonds is 7. The topological polar surface area (TPSA) is 117 Å². The molecular formula is C14H22N2O6S. The van der Waals surface area contributed by atoms with E-state index >= 15 is 0 Å². The molecule has 0 aromatic carbocycles. The molecule has 0 fully saturated rings. The number of aryl methyl sites for hydroxylation is 1. The highest BCUT2D eigenvalue weighted by Crippen LogP contribution is 2.22. The third-order valence-corrected chi connectivity index (χ3v) is 4.96. The van der Waals surface area contributed by atoms with E-state index in [1.807, 2.05) is 0 Å². The van der Waals surface area contributed by atoms with Crippen LogP contribution in [0.2, 0.25) is 0 Å². The first-order chi connectivity index (χ1) is 10.4. The molecule has 0 aliphatic carbocycles. The summed E-state index contributed by atoms with van der Waals surface area (Å²) in [5.74, 6) is -1.29. The molecule has 0 spiro atoms. The number of carboxylic acids is 1. The molecule has 1 aromatic rings. The van der Waals surface area contributed by atoms with Gasteiger partial charge in [-0.1, -0.05) is 0 Å². The second-order valence-electron chi connectivity index (χ2n) is 6.05. The Morgan fingerprint density at radius 1 is 1.35 bits per heavy atom. The van der Waals surface area contributed by atoms with Crippen LogP contribution >= 0.6 is 0 Å². The second-order valence-corrected chi connectivity index (χ2v) is 8.14. The van der Waals surface area contributed by atoms with Crippen LogP contribution in [0.15, 0.2) is 15.6 Å². The molecule has 0 aliphatic rings. The normalized spacial score (nSPS) is 12.4. The van der Waals surface area contributed by atoms with E-state index in [0.29, 0.717) is 0 Å². The van der Waals surface area contributed by atoms with Crippen molar-refractivity contribution < 1.29 is 27.5 Å². The van der Waals surface area contributed by atoms with Gasteiger partial charge in [0.05, 0.1) is 5.56 Å². The number of furan rings is 1. The first kappa shape index (κ1) is 19.2. The van der Waals surface area contributed by atoms with E-state index in [4.69, 9.17) is 9.52 Å². The van der Waals surface area contributed by atoms with Gasteiger partial charge in [0, 0.05) is 32.1 Å². The molecule has 8 nitrogen and oxygen atoms in total. The fraction of sp³-hybridized carbons (Fsp3) is 0.571. The number of hydrogen-bond acceptors (Lipinski definition) is 5. The standard InChI is InChI=1S/C14H22N2O6S/c1-9-10(8-12(22-9)23(20,21)16(4)5)13(19)15-14(2,3)7-6-11(17)18/h8H,6-7H2,1-5H3,(H,15,19)(H,17,18). The van der Waals surface area contributed by atoms with E-state index in [-0.39, 0.29) is 29.3 Å². The predicted octanol–water partition coefficient (Wildman–Crippen LogP) is 1.21. The van der Waals surface area contributed by atoms with Gasteiger partial charge in [-0.25, -0.2) is 12.7 Å². The van der Waals surface area contributed by atoms with Gasteiger partial charge in [0.25, 0.3) is 15.9 Å². The van der Waals surface area contributed by atoms with Crippen molar-refractivity contribution in [1.82, 2.24) is 9.62 Å². The van der Waals surface area contributed by atoms with Crippen molar-refractivity contribution in [3.8, 4) is 0 Å². The quantitative estimate of drug-likeness (QED) is 0.766. The molecule has 23 heavy (non-hydrogen) atoms. The lowest BCUT2D eigenvalue weighted by atomic mass is 9.98. The van der Waals surface area contributed by atoms with Crippen LogP contribution in [-0.4, -0.2) is 49.3 Å². The molecule has 0 saturated heterocycles. The molecule has 1 aromatic heterocycles. The van der Waals surface area contributed by atoms with Crippen LogP contribution in [0.1, 0.15) is 42.8 Å². The Hall–Kier alpha value is -1.87. The number of carbonyl (C=O) groups is 2. The van der Waals surface area contributed by atoms with Gasteiger partial charge in [0.2, 0.25) is 5.09 Å². The maximum atomic E-state index is 12.3. The van der Waals surface area contributed by atoms with Crippen molar-refractivity contribution >= 4 is 21.9 Å². The summed E-state index contributed by atoms with van der Waals surface area (Å²) in [6.07, 6.45) is 0.158. The summed E-state index contributed by atoms with van der Waals surface area (Å²) >= 11 is 0. The second kappa shape index (κ2) is 6.71. The van der Waals surface area contributed by atoms with Crippen molar-refractivity contribution in [2.45, 2.75) is 44.2 Å². The van der Waals surface area contributed by atoms with E-state index < -0.39 is 27.4 Å². The minimum Gasteiger partial charge on any atom is -0.481 e. The van der Waals surface area contributed by atoms with Crippen LogP contribution in [0.3, 0.4) is 0 Å². The lowest BCUT2D eigenvalue weighted by Gasteiger charge is -2.25. The Bertz CT molecular complexity index is 703. The zero-order valence-corrected chi connectivity index (χ0v) is 14.7. The maximum Gasteiger partial charge on any atom is 0.303 e. The number of amides is 1. The van der Waals surface area contributed by atoms with Gasteiger partial charge in [-0.3, -0.25) is 9.59 Å². The van der Waals surface area contributed by atoms with Crippen LogP contribution in [0.25, 0.3) is 0 Å². The summed E-state index contributed by atoms with van der Waals surface area (Å²) in [6.45, 7) is 4.88. The lowest BCUT2D eigenvalue weighted by molar-refractivity contribution is -0.137. The first-order valence-electron chi connectivity index (χ1n) is 6.94. The molecule has 1 amide bonds. The van der Waals surface area contributed by atoms with Gasteiger partial charge in [0.1, 0.15) is 5.76 Å². The van der Waals surface area contributed by atoms with E-state index in [2.05, 4.69) is 5.32 Å². The van der Waals surface area contributed by atoms with Gasteiger partial charge < -0.3 is 14.8 Å². The van der Waals surface area contributed by atoms with E-state index in [0.717, 1.165) is 4.31 Å². The van der Waals surface area contributed by atoms with Crippen molar-refractivity contribution in [3.63, 3.8) is 0 Å². The third kappa shape index (κ3) is 4.80. The number of hydrogen-bond donors (Lipinski definition) is 2. The van der Waals surface area contributed by atoms with Crippen molar-refractivity contribution in [2.75, 3.05) is 14.1 Å². The number of nitrogens with zero attached hydrogens (tertiary/aromatic N) is 1. The number of sulfonamides is 1. The fourth-order valence-corrected chi connectivity index (χ4v) is 2.70. The van der Waals surface area contributed by atoms with Gasteiger partial charge in [0.15, 0.2) is 0 Å². The summed E-state index contributed by atoms with van der Waals surface area (Å²) in [5, 5.41) is 11.1. The monoisotopic (exact) mass is 346 g/mol. The number of carbonyl (C=O) groups excluding carboxylic acids is 1. The highest BCUT2D eigenvalue weighted by Gasteiger charge is 2.28. The molecule has 0 saturated carbocycles. The van der Waals surface area contributed by atoms with Crippen molar-refractivity contribution in [2.24, 2.45) is 0 Å². The molecule has 9 heteroatoms. The summed E-state index contributed by atoms with van der Waals surface area (Å²) in [7, 11) is -1.04. The summed E-state index contributed by atoms with van der Waals surface area (Å²) in [4.78, 5) is 22.9. The summed E-state index contributed by atoms with van der Waals surface area (Å²) in [6, 6.07) is 1.17. The average Bonchev–Trinajstić information content (AvgIpc) is 2.78. The smallest absolute Gasteiger partial charge is 0.303 e. The Morgan fingerprint density at radius 3 is 2.39 bits per heavy atom. The van der Waals surface area contributed by atoms with Gasteiger partial charge >= 0.3 is 5.97 Å². The zero-order valence-electron chi connectivity index (χ0n) is 13.8. The van der Waals surface area contributed by atoms with Crippen LogP contribution < -0.4 is 5.32 Å². The maximum absolute atomic E-state index is 12.3.